The van der Waals surface area contributed by atoms with E-state index in [9.17, 15) is 4.79 Å². The molecule has 1 atom stereocenters. The van der Waals surface area contributed by atoms with E-state index in [2.05, 4.69) is 20.7 Å². The van der Waals surface area contributed by atoms with Crippen LogP contribution < -0.4 is 10.6 Å². The molecule has 2 aromatic heterocycles. The summed E-state index contributed by atoms with van der Waals surface area (Å²) < 4.78 is 6.89. The lowest BCUT2D eigenvalue weighted by atomic mass is 9.87. The first kappa shape index (κ1) is 14.7. The first-order valence-electron chi connectivity index (χ1n) is 7.21. The molecule has 7 nitrogen and oxygen atoms in total. The molecule has 1 aliphatic heterocycles. The van der Waals surface area contributed by atoms with Gasteiger partial charge in [-0.3, -0.25) is 4.79 Å². The van der Waals surface area contributed by atoms with Crippen LogP contribution in [0, 0.1) is 5.41 Å². The number of rotatable bonds is 5. The lowest BCUT2D eigenvalue weighted by Crippen LogP contribution is -2.41. The van der Waals surface area contributed by atoms with E-state index in [1.54, 1.807) is 24.2 Å². The van der Waals surface area contributed by atoms with Gasteiger partial charge in [0.25, 0.3) is 0 Å². The van der Waals surface area contributed by atoms with E-state index in [0.29, 0.717) is 24.7 Å². The minimum absolute atomic E-state index is 0.0343. The van der Waals surface area contributed by atoms with Crippen molar-refractivity contribution in [2.24, 2.45) is 5.41 Å². The fourth-order valence-electron chi connectivity index (χ4n) is 2.67. The molecule has 0 radical (unpaired) electrons. The number of methoxy groups -OCH3 is 1. The highest BCUT2D eigenvalue weighted by molar-refractivity contribution is 5.95. The summed E-state index contributed by atoms with van der Waals surface area (Å²) in [7, 11) is 1.62. The number of carbonyl (C=O) groups excluding carboxylic acids is 1. The monoisotopic (exact) mass is 301 g/mol. The Balaban J connectivity index is 1.71. The van der Waals surface area contributed by atoms with Crippen LogP contribution in [0.3, 0.4) is 0 Å². The third kappa shape index (κ3) is 2.86. The van der Waals surface area contributed by atoms with Gasteiger partial charge in [0.2, 0.25) is 5.91 Å². The summed E-state index contributed by atoms with van der Waals surface area (Å²) in [6.45, 7) is 1.86. The molecule has 3 rings (SSSR count). The molecule has 1 unspecified atom stereocenters. The van der Waals surface area contributed by atoms with Gasteiger partial charge in [-0.25, -0.2) is 9.67 Å². The summed E-state index contributed by atoms with van der Waals surface area (Å²) in [6, 6.07) is 5.47. The van der Waals surface area contributed by atoms with Crippen molar-refractivity contribution in [1.82, 2.24) is 20.1 Å². The summed E-state index contributed by atoms with van der Waals surface area (Å²) >= 11 is 0. The van der Waals surface area contributed by atoms with Crippen molar-refractivity contribution in [3.63, 3.8) is 0 Å². The Kier molecular flexibility index (Phi) is 4.17. The Bertz CT molecular complexity index is 618. The zero-order valence-corrected chi connectivity index (χ0v) is 12.5. The number of pyridine rings is 1. The Morgan fingerprint density at radius 1 is 1.55 bits per heavy atom. The molecule has 0 spiro atoms. The smallest absolute Gasteiger partial charge is 0.234 e. The van der Waals surface area contributed by atoms with Crippen molar-refractivity contribution < 1.29 is 9.53 Å². The van der Waals surface area contributed by atoms with E-state index < -0.39 is 5.41 Å². The standard InChI is InChI=1S/C15H19N5O2/c1-22-11-15(5-7-16-10-15)14(21)19-12-3-4-13(17-9-12)20-8-2-6-18-20/h2-4,6,8-9,16H,5,7,10-11H2,1H3,(H,19,21). The van der Waals surface area contributed by atoms with Crippen LogP contribution in [-0.2, 0) is 9.53 Å². The number of ether oxygens (including phenoxy) is 1. The maximum absolute atomic E-state index is 12.6. The normalized spacial score (nSPS) is 21.0. The quantitative estimate of drug-likeness (QED) is 0.855. The van der Waals surface area contributed by atoms with Crippen LogP contribution in [0.5, 0.6) is 0 Å². The van der Waals surface area contributed by atoms with Crippen molar-refractivity contribution in [2.75, 3.05) is 32.1 Å². The molecule has 2 aromatic rings. The van der Waals surface area contributed by atoms with E-state index in [1.165, 1.54) is 0 Å². The zero-order valence-electron chi connectivity index (χ0n) is 12.5. The molecule has 0 saturated carbocycles. The average Bonchev–Trinajstić information content (AvgIpc) is 3.20. The van der Waals surface area contributed by atoms with E-state index in [1.807, 2.05) is 24.4 Å². The molecule has 7 heteroatoms. The molecule has 0 bridgehead atoms. The molecule has 2 N–H and O–H groups in total. The van der Waals surface area contributed by atoms with Crippen LogP contribution >= 0.6 is 0 Å². The Hall–Kier alpha value is -2.25. The van der Waals surface area contributed by atoms with Crippen LogP contribution in [-0.4, -0.2) is 47.5 Å². The fourth-order valence-corrected chi connectivity index (χ4v) is 2.67. The van der Waals surface area contributed by atoms with Gasteiger partial charge in [0, 0.05) is 26.0 Å². The molecule has 116 valence electrons. The summed E-state index contributed by atoms with van der Waals surface area (Å²) in [5, 5.41) is 10.3. The first-order chi connectivity index (χ1) is 10.7. The van der Waals surface area contributed by atoms with Crippen molar-refractivity contribution in [2.45, 2.75) is 6.42 Å². The molecule has 1 amide bonds. The molecule has 1 saturated heterocycles. The minimum atomic E-state index is -0.505. The largest absolute Gasteiger partial charge is 0.384 e. The van der Waals surface area contributed by atoms with Crippen molar-refractivity contribution >= 4 is 11.6 Å². The van der Waals surface area contributed by atoms with Gasteiger partial charge in [0.05, 0.1) is 23.9 Å². The number of amides is 1. The Morgan fingerprint density at radius 3 is 3.05 bits per heavy atom. The van der Waals surface area contributed by atoms with Gasteiger partial charge in [-0.05, 0) is 31.2 Å². The highest BCUT2D eigenvalue weighted by Crippen LogP contribution is 2.27. The lowest BCUT2D eigenvalue weighted by molar-refractivity contribution is -0.127. The van der Waals surface area contributed by atoms with E-state index in [-0.39, 0.29) is 5.91 Å². The van der Waals surface area contributed by atoms with Gasteiger partial charge in [-0.1, -0.05) is 0 Å². The maximum atomic E-state index is 12.6. The molecule has 22 heavy (non-hydrogen) atoms. The summed E-state index contributed by atoms with van der Waals surface area (Å²) in [4.78, 5) is 16.9. The summed E-state index contributed by atoms with van der Waals surface area (Å²) in [6.07, 6.45) is 5.92. The molecule has 0 aromatic carbocycles. The summed E-state index contributed by atoms with van der Waals surface area (Å²) in [5.74, 6) is 0.671. The lowest BCUT2D eigenvalue weighted by Gasteiger charge is -2.25. The molecular weight excluding hydrogens is 282 g/mol. The Labute approximate surface area is 128 Å². The molecular formula is C15H19N5O2. The van der Waals surface area contributed by atoms with Crippen LogP contribution in [0.25, 0.3) is 5.82 Å². The van der Waals surface area contributed by atoms with E-state index in [0.717, 1.165) is 13.0 Å². The highest BCUT2D eigenvalue weighted by Gasteiger charge is 2.41. The fraction of sp³-hybridized carbons (Fsp3) is 0.400. The van der Waals surface area contributed by atoms with Crippen molar-refractivity contribution in [3.05, 3.63) is 36.8 Å². The SMILES string of the molecule is COCC1(C(=O)Nc2ccc(-n3cccn3)nc2)CCNC1. The topological polar surface area (TPSA) is 81.1 Å². The van der Waals surface area contributed by atoms with Crippen molar-refractivity contribution in [1.29, 1.82) is 0 Å². The number of anilines is 1. The third-order valence-electron chi connectivity index (χ3n) is 3.89. The number of nitrogens with one attached hydrogen (secondary N) is 2. The van der Waals surface area contributed by atoms with Gasteiger partial charge in [-0.15, -0.1) is 0 Å². The minimum Gasteiger partial charge on any atom is -0.384 e. The van der Waals surface area contributed by atoms with Crippen LogP contribution in [0.2, 0.25) is 0 Å². The first-order valence-corrected chi connectivity index (χ1v) is 7.21. The van der Waals surface area contributed by atoms with Gasteiger partial charge < -0.3 is 15.4 Å². The predicted octanol–water partition coefficient (Wildman–Crippen LogP) is 0.832. The molecule has 1 aliphatic rings. The Morgan fingerprint density at radius 2 is 2.45 bits per heavy atom. The van der Waals surface area contributed by atoms with E-state index >= 15 is 0 Å². The second-order valence-corrected chi connectivity index (χ2v) is 5.45. The van der Waals surface area contributed by atoms with Gasteiger partial charge in [0.1, 0.15) is 0 Å². The van der Waals surface area contributed by atoms with Crippen LogP contribution in [0.4, 0.5) is 5.69 Å². The molecule has 1 fully saturated rings. The highest BCUT2D eigenvalue weighted by atomic mass is 16.5. The van der Waals surface area contributed by atoms with Gasteiger partial charge in [-0.2, -0.15) is 5.10 Å². The second kappa shape index (κ2) is 6.25. The number of carbonyl (C=O) groups is 1. The second-order valence-electron chi connectivity index (χ2n) is 5.45. The average molecular weight is 301 g/mol. The third-order valence-corrected chi connectivity index (χ3v) is 3.89. The number of aromatic nitrogens is 3. The van der Waals surface area contributed by atoms with Gasteiger partial charge >= 0.3 is 0 Å². The number of hydrogen-bond donors (Lipinski definition) is 2. The van der Waals surface area contributed by atoms with Gasteiger partial charge in [0.15, 0.2) is 5.82 Å². The molecule has 3 heterocycles. The predicted molar refractivity (Wildman–Crippen MR) is 81.8 cm³/mol. The summed E-state index contributed by atoms with van der Waals surface area (Å²) in [5.41, 5.74) is 0.165. The number of hydrogen-bond acceptors (Lipinski definition) is 5. The van der Waals surface area contributed by atoms with Crippen LogP contribution in [0.15, 0.2) is 36.8 Å². The van der Waals surface area contributed by atoms with Crippen molar-refractivity contribution in [3.8, 4) is 5.82 Å². The zero-order chi connectivity index (χ0) is 15.4. The number of nitrogens with zero attached hydrogens (tertiary/aromatic N) is 3. The molecule has 0 aliphatic carbocycles. The maximum Gasteiger partial charge on any atom is 0.234 e. The van der Waals surface area contributed by atoms with E-state index in [4.69, 9.17) is 4.74 Å². The van der Waals surface area contributed by atoms with Crippen LogP contribution in [0.1, 0.15) is 6.42 Å².